The molecule has 0 amide bonds. The van der Waals surface area contributed by atoms with Gasteiger partial charge in [0.15, 0.2) is 0 Å². The normalized spacial score (nSPS) is 18.0. The molecule has 0 radical (unpaired) electrons. The molecule has 0 aliphatic carbocycles. The highest BCUT2D eigenvalue weighted by Crippen LogP contribution is 2.41. The minimum atomic E-state index is -0.381. The Morgan fingerprint density at radius 1 is 1.27 bits per heavy atom. The highest BCUT2D eigenvalue weighted by atomic mass is 16.6. The number of nitrogens with zero attached hydrogens (tertiary/aromatic N) is 1. The standard InChI is InChI=1S/C16H18N2O4/c1-10-11(2)17-12(3)14(8-22-9-19)16(10)13-6-4-5-7-15(13)18(20)21/h4-7,9,16-17H,8H2,1-3H3. The minimum Gasteiger partial charge on any atom is -0.463 e. The molecule has 1 aromatic rings. The Labute approximate surface area is 128 Å². The van der Waals surface area contributed by atoms with Crippen LogP contribution >= 0.6 is 0 Å². The number of rotatable bonds is 5. The van der Waals surface area contributed by atoms with Crippen molar-refractivity contribution in [3.8, 4) is 0 Å². The lowest BCUT2D eigenvalue weighted by molar-refractivity contribution is -0.385. The van der Waals surface area contributed by atoms with Gasteiger partial charge in [-0.3, -0.25) is 14.9 Å². The summed E-state index contributed by atoms with van der Waals surface area (Å²) >= 11 is 0. The average molecular weight is 302 g/mol. The van der Waals surface area contributed by atoms with Crippen molar-refractivity contribution in [2.24, 2.45) is 0 Å². The van der Waals surface area contributed by atoms with Gasteiger partial charge in [-0.1, -0.05) is 18.2 Å². The van der Waals surface area contributed by atoms with Gasteiger partial charge in [-0.15, -0.1) is 0 Å². The highest BCUT2D eigenvalue weighted by Gasteiger charge is 2.31. The van der Waals surface area contributed by atoms with E-state index in [9.17, 15) is 14.9 Å². The number of carbonyl (C=O) groups is 1. The second-order valence-electron chi connectivity index (χ2n) is 5.24. The molecule has 1 atom stereocenters. The summed E-state index contributed by atoms with van der Waals surface area (Å²) in [4.78, 5) is 21.5. The molecule has 1 aromatic carbocycles. The Morgan fingerprint density at radius 2 is 1.95 bits per heavy atom. The van der Waals surface area contributed by atoms with Gasteiger partial charge in [-0.2, -0.15) is 0 Å². The van der Waals surface area contributed by atoms with Crippen LogP contribution in [0.4, 0.5) is 5.69 Å². The van der Waals surface area contributed by atoms with Gasteiger partial charge in [0, 0.05) is 28.9 Å². The van der Waals surface area contributed by atoms with Crippen molar-refractivity contribution in [3.05, 3.63) is 62.5 Å². The zero-order valence-electron chi connectivity index (χ0n) is 12.8. The van der Waals surface area contributed by atoms with Crippen molar-refractivity contribution >= 4 is 12.2 Å². The van der Waals surface area contributed by atoms with Crippen molar-refractivity contribution in [1.29, 1.82) is 0 Å². The van der Waals surface area contributed by atoms with Crippen LogP contribution in [0.15, 0.2) is 46.8 Å². The molecule has 2 rings (SSSR count). The molecular weight excluding hydrogens is 284 g/mol. The van der Waals surface area contributed by atoms with Crippen molar-refractivity contribution in [3.63, 3.8) is 0 Å². The van der Waals surface area contributed by atoms with Gasteiger partial charge >= 0.3 is 0 Å². The molecule has 0 saturated heterocycles. The van der Waals surface area contributed by atoms with E-state index in [1.165, 1.54) is 6.07 Å². The van der Waals surface area contributed by atoms with E-state index in [-0.39, 0.29) is 23.1 Å². The van der Waals surface area contributed by atoms with Gasteiger partial charge in [0.1, 0.15) is 6.61 Å². The lowest BCUT2D eigenvalue weighted by Gasteiger charge is -2.30. The van der Waals surface area contributed by atoms with E-state index in [0.29, 0.717) is 12.0 Å². The summed E-state index contributed by atoms with van der Waals surface area (Å²) in [7, 11) is 0. The first-order valence-electron chi connectivity index (χ1n) is 6.90. The Hall–Kier alpha value is -2.63. The summed E-state index contributed by atoms with van der Waals surface area (Å²) < 4.78 is 4.91. The lowest BCUT2D eigenvalue weighted by Crippen LogP contribution is -2.26. The monoisotopic (exact) mass is 302 g/mol. The summed E-state index contributed by atoms with van der Waals surface area (Å²) in [6, 6.07) is 6.67. The van der Waals surface area contributed by atoms with Crippen LogP contribution in [0.1, 0.15) is 32.3 Å². The molecule has 22 heavy (non-hydrogen) atoms. The van der Waals surface area contributed by atoms with Crippen molar-refractivity contribution in [2.75, 3.05) is 6.61 Å². The maximum absolute atomic E-state index is 11.3. The van der Waals surface area contributed by atoms with Crippen LogP contribution in [0.5, 0.6) is 0 Å². The number of nitrogens with one attached hydrogen (secondary N) is 1. The summed E-state index contributed by atoms with van der Waals surface area (Å²) in [5.74, 6) is -0.275. The zero-order chi connectivity index (χ0) is 16.3. The van der Waals surface area contributed by atoms with Gasteiger partial charge in [-0.25, -0.2) is 0 Å². The molecule has 0 saturated carbocycles. The Morgan fingerprint density at radius 3 is 2.59 bits per heavy atom. The van der Waals surface area contributed by atoms with Crippen LogP contribution in [0.25, 0.3) is 0 Å². The van der Waals surface area contributed by atoms with E-state index in [2.05, 4.69) is 5.32 Å². The average Bonchev–Trinajstić information content (AvgIpc) is 2.49. The number of dihydropyridines is 1. The predicted octanol–water partition coefficient (Wildman–Crippen LogP) is 3.02. The number of carbonyl (C=O) groups excluding carboxylic acids is 1. The molecule has 1 N–H and O–H groups in total. The fourth-order valence-corrected chi connectivity index (χ4v) is 2.79. The van der Waals surface area contributed by atoms with E-state index >= 15 is 0 Å². The van der Waals surface area contributed by atoms with Gasteiger partial charge in [0.05, 0.1) is 4.92 Å². The molecule has 116 valence electrons. The number of benzene rings is 1. The smallest absolute Gasteiger partial charge is 0.293 e. The first-order valence-corrected chi connectivity index (χ1v) is 6.90. The van der Waals surface area contributed by atoms with Crippen molar-refractivity contribution in [1.82, 2.24) is 5.32 Å². The Bertz CT molecular complexity index is 676. The number of para-hydroxylation sites is 1. The molecule has 0 fully saturated rings. The molecule has 1 aliphatic heterocycles. The second kappa shape index (κ2) is 6.43. The number of nitro groups is 1. The van der Waals surface area contributed by atoms with E-state index < -0.39 is 0 Å². The third-order valence-electron chi connectivity index (χ3n) is 3.98. The van der Waals surface area contributed by atoms with Gasteiger partial charge in [-0.05, 0) is 31.9 Å². The van der Waals surface area contributed by atoms with Crippen molar-refractivity contribution < 1.29 is 14.5 Å². The molecule has 6 heteroatoms. The fraction of sp³-hybridized carbons (Fsp3) is 0.312. The lowest BCUT2D eigenvalue weighted by atomic mass is 9.81. The van der Waals surface area contributed by atoms with Crippen LogP contribution in [0.2, 0.25) is 0 Å². The topological polar surface area (TPSA) is 81.5 Å². The quantitative estimate of drug-likeness (QED) is 0.513. The Kier molecular flexibility index (Phi) is 4.60. The van der Waals surface area contributed by atoms with Crippen LogP contribution in [0.3, 0.4) is 0 Å². The number of hydrogen-bond acceptors (Lipinski definition) is 5. The summed E-state index contributed by atoms with van der Waals surface area (Å²) in [5, 5.41) is 14.6. The fourth-order valence-electron chi connectivity index (χ4n) is 2.79. The number of ether oxygens (including phenoxy) is 1. The molecule has 0 aromatic heterocycles. The molecular formula is C16H18N2O4. The van der Waals surface area contributed by atoms with Crippen LogP contribution < -0.4 is 5.32 Å². The van der Waals surface area contributed by atoms with Gasteiger partial charge < -0.3 is 10.1 Å². The van der Waals surface area contributed by atoms with Gasteiger partial charge in [0.2, 0.25) is 0 Å². The maximum atomic E-state index is 11.3. The second-order valence-corrected chi connectivity index (χ2v) is 5.24. The molecule has 6 nitrogen and oxygen atoms in total. The molecule has 0 spiro atoms. The number of allylic oxidation sites excluding steroid dienone is 3. The van der Waals surface area contributed by atoms with E-state index in [4.69, 9.17) is 4.74 Å². The van der Waals surface area contributed by atoms with Crippen LogP contribution in [-0.2, 0) is 9.53 Å². The number of hydrogen-bond donors (Lipinski definition) is 1. The molecule has 1 heterocycles. The maximum Gasteiger partial charge on any atom is 0.293 e. The summed E-state index contributed by atoms with van der Waals surface area (Å²) in [6.45, 7) is 6.22. The zero-order valence-corrected chi connectivity index (χ0v) is 12.8. The third-order valence-corrected chi connectivity index (χ3v) is 3.98. The molecule has 1 unspecified atom stereocenters. The third kappa shape index (κ3) is 2.86. The molecule has 1 aliphatic rings. The summed E-state index contributed by atoms with van der Waals surface area (Å²) in [6.07, 6.45) is 0. The number of nitro benzene ring substituents is 1. The minimum absolute atomic E-state index is 0.0675. The highest BCUT2D eigenvalue weighted by molar-refractivity contribution is 5.53. The van der Waals surface area contributed by atoms with Crippen LogP contribution in [0, 0.1) is 10.1 Å². The summed E-state index contributed by atoms with van der Waals surface area (Å²) in [5.41, 5.74) is 4.28. The first kappa shape index (κ1) is 15.8. The van der Waals surface area contributed by atoms with E-state index in [1.807, 2.05) is 20.8 Å². The Balaban J connectivity index is 2.59. The van der Waals surface area contributed by atoms with Crippen molar-refractivity contribution in [2.45, 2.75) is 26.7 Å². The predicted molar refractivity (Wildman–Crippen MR) is 82.1 cm³/mol. The molecule has 0 bridgehead atoms. The van der Waals surface area contributed by atoms with E-state index in [0.717, 1.165) is 22.5 Å². The van der Waals surface area contributed by atoms with E-state index in [1.54, 1.807) is 18.2 Å². The first-order chi connectivity index (χ1) is 10.5. The van der Waals surface area contributed by atoms with Crippen LogP contribution in [-0.4, -0.2) is 18.0 Å². The van der Waals surface area contributed by atoms with Gasteiger partial charge in [0.25, 0.3) is 12.2 Å². The SMILES string of the molecule is CC1=C(C)C(c2ccccc2[N+](=O)[O-])C(COC=O)=C(C)N1. The largest absolute Gasteiger partial charge is 0.463 e.